The number of nitrogens with zero attached hydrogens (tertiary/aromatic N) is 3. The lowest BCUT2D eigenvalue weighted by atomic mass is 10.2. The molecule has 0 saturated heterocycles. The number of aryl methyl sites for hydroxylation is 1. The molecule has 1 aromatic carbocycles. The monoisotopic (exact) mass is 529 g/mol. The molecule has 7 nitrogen and oxygen atoms in total. The first-order valence-corrected chi connectivity index (χ1v) is 9.62. The van der Waals surface area contributed by atoms with Crippen LogP contribution in [-0.2, 0) is 6.42 Å². The first-order valence-electron chi connectivity index (χ1n) is 9.25. The van der Waals surface area contributed by atoms with Gasteiger partial charge in [-0.2, -0.15) is 4.98 Å². The van der Waals surface area contributed by atoms with Crippen LogP contribution in [0.15, 0.2) is 50.3 Å². The fourth-order valence-electron chi connectivity index (χ4n) is 2.65. The normalized spacial score (nSPS) is 12.3. The van der Waals surface area contributed by atoms with Crippen LogP contribution in [0.25, 0.3) is 11.4 Å². The molecule has 0 spiro atoms. The lowest BCUT2D eigenvalue weighted by molar-refractivity contribution is 0.380. The van der Waals surface area contributed by atoms with Gasteiger partial charge in [-0.3, -0.25) is 4.99 Å². The number of aromatic nitrogens is 2. The second-order valence-electron chi connectivity index (χ2n) is 6.35. The zero-order valence-corrected chi connectivity index (χ0v) is 19.7. The maximum absolute atomic E-state index is 6.01. The lowest BCUT2D eigenvalue weighted by Crippen LogP contribution is -2.38. The smallest absolute Gasteiger partial charge is 0.228 e. The van der Waals surface area contributed by atoms with Crippen LogP contribution in [0.2, 0.25) is 5.02 Å². The van der Waals surface area contributed by atoms with Crippen LogP contribution in [0, 0.1) is 6.92 Å². The van der Waals surface area contributed by atoms with E-state index in [4.69, 9.17) is 20.5 Å². The molecule has 29 heavy (non-hydrogen) atoms. The van der Waals surface area contributed by atoms with E-state index in [1.165, 1.54) is 0 Å². The number of halogens is 2. The average molecular weight is 530 g/mol. The Labute approximate surface area is 192 Å². The molecule has 0 bridgehead atoms. The van der Waals surface area contributed by atoms with E-state index < -0.39 is 0 Å². The van der Waals surface area contributed by atoms with Gasteiger partial charge in [-0.1, -0.05) is 28.9 Å². The molecule has 3 aromatic rings. The van der Waals surface area contributed by atoms with Gasteiger partial charge in [0.15, 0.2) is 5.96 Å². The fraction of sp³-hybridized carbons (Fsp3) is 0.350. The molecule has 2 heterocycles. The fourth-order valence-corrected chi connectivity index (χ4v) is 2.84. The van der Waals surface area contributed by atoms with E-state index in [2.05, 4.69) is 25.8 Å². The number of rotatable bonds is 7. The first-order chi connectivity index (χ1) is 13.5. The van der Waals surface area contributed by atoms with Crippen molar-refractivity contribution in [1.29, 1.82) is 0 Å². The molecule has 1 atom stereocenters. The summed E-state index contributed by atoms with van der Waals surface area (Å²) in [6, 6.07) is 11.3. The number of aliphatic imine (C=N–C) groups is 1. The molecule has 0 aliphatic heterocycles. The Morgan fingerprint density at radius 2 is 2.10 bits per heavy atom. The second kappa shape index (κ2) is 11.2. The number of guanidine groups is 1. The summed E-state index contributed by atoms with van der Waals surface area (Å²) in [5.74, 6) is 3.51. The van der Waals surface area contributed by atoms with Crippen molar-refractivity contribution in [2.24, 2.45) is 4.99 Å². The zero-order valence-electron chi connectivity index (χ0n) is 16.6. The Kier molecular flexibility index (Phi) is 8.97. The Bertz CT molecular complexity index is 940. The van der Waals surface area contributed by atoms with Crippen molar-refractivity contribution in [3.63, 3.8) is 0 Å². The topological polar surface area (TPSA) is 88.5 Å². The molecule has 3 rings (SSSR count). The summed E-state index contributed by atoms with van der Waals surface area (Å²) in [7, 11) is 0. The van der Waals surface area contributed by atoms with Crippen LogP contribution in [0.3, 0.4) is 0 Å². The lowest BCUT2D eigenvalue weighted by Gasteiger charge is -2.16. The van der Waals surface area contributed by atoms with Gasteiger partial charge in [-0.15, -0.1) is 24.0 Å². The summed E-state index contributed by atoms with van der Waals surface area (Å²) in [6.45, 7) is 7.25. The third-order valence-electron chi connectivity index (χ3n) is 4.03. The summed E-state index contributed by atoms with van der Waals surface area (Å²) in [5, 5.41) is 11.2. The van der Waals surface area contributed by atoms with E-state index in [-0.39, 0.29) is 30.0 Å². The van der Waals surface area contributed by atoms with E-state index >= 15 is 0 Å². The van der Waals surface area contributed by atoms with E-state index in [9.17, 15) is 0 Å². The highest BCUT2D eigenvalue weighted by Crippen LogP contribution is 2.20. The minimum Gasteiger partial charge on any atom is -0.464 e. The van der Waals surface area contributed by atoms with E-state index in [1.54, 1.807) is 12.1 Å². The summed E-state index contributed by atoms with van der Waals surface area (Å²) in [5.41, 5.74) is 0.823. The molecule has 2 N–H and O–H groups in total. The van der Waals surface area contributed by atoms with Crippen molar-refractivity contribution >= 4 is 41.5 Å². The SMILES string of the molecule is CCNC(=NCCc1nc(-c2cccc(Cl)c2)no1)NC(C)c1ccc(C)o1.I. The largest absolute Gasteiger partial charge is 0.464 e. The van der Waals surface area contributed by atoms with Crippen LogP contribution >= 0.6 is 35.6 Å². The highest BCUT2D eigenvalue weighted by Gasteiger charge is 2.12. The number of hydrogen-bond acceptors (Lipinski definition) is 5. The van der Waals surface area contributed by atoms with E-state index in [1.807, 2.05) is 45.0 Å². The van der Waals surface area contributed by atoms with E-state index in [0.29, 0.717) is 35.7 Å². The number of hydrogen-bond donors (Lipinski definition) is 2. The molecule has 1 unspecified atom stereocenters. The molecule has 0 aliphatic rings. The molecule has 156 valence electrons. The molecule has 9 heteroatoms. The second-order valence-corrected chi connectivity index (χ2v) is 6.78. The highest BCUT2D eigenvalue weighted by atomic mass is 127. The molecule has 0 radical (unpaired) electrons. The summed E-state index contributed by atoms with van der Waals surface area (Å²) >= 11 is 6.01. The van der Waals surface area contributed by atoms with Gasteiger partial charge in [0, 0.05) is 23.6 Å². The predicted molar refractivity (Wildman–Crippen MR) is 125 cm³/mol. The van der Waals surface area contributed by atoms with Gasteiger partial charge in [0.25, 0.3) is 0 Å². The van der Waals surface area contributed by atoms with Gasteiger partial charge in [0.05, 0.1) is 12.6 Å². The van der Waals surface area contributed by atoms with Gasteiger partial charge in [-0.05, 0) is 45.0 Å². The van der Waals surface area contributed by atoms with Crippen molar-refractivity contribution < 1.29 is 8.94 Å². The maximum atomic E-state index is 6.01. The van der Waals surface area contributed by atoms with Crippen LogP contribution in [0.1, 0.15) is 37.3 Å². The van der Waals surface area contributed by atoms with E-state index in [0.717, 1.165) is 23.6 Å². The molecule has 0 saturated carbocycles. The molecule has 2 aromatic heterocycles. The molecular weight excluding hydrogens is 505 g/mol. The van der Waals surface area contributed by atoms with Crippen molar-refractivity contribution in [2.45, 2.75) is 33.2 Å². The van der Waals surface area contributed by atoms with Crippen molar-refractivity contribution in [1.82, 2.24) is 20.8 Å². The minimum atomic E-state index is 0. The van der Waals surface area contributed by atoms with Crippen LogP contribution in [0.4, 0.5) is 0 Å². The highest BCUT2D eigenvalue weighted by molar-refractivity contribution is 14.0. The third kappa shape index (κ3) is 6.74. The third-order valence-corrected chi connectivity index (χ3v) is 4.27. The van der Waals surface area contributed by atoms with Gasteiger partial charge < -0.3 is 19.6 Å². The quantitative estimate of drug-likeness (QED) is 0.260. The van der Waals surface area contributed by atoms with Crippen LogP contribution in [-0.4, -0.2) is 29.2 Å². The predicted octanol–water partition coefficient (Wildman–Crippen LogP) is 4.77. The Morgan fingerprint density at radius 1 is 1.28 bits per heavy atom. The molecule has 0 aliphatic carbocycles. The minimum absolute atomic E-state index is 0. The maximum Gasteiger partial charge on any atom is 0.228 e. The van der Waals surface area contributed by atoms with Gasteiger partial charge in [0.2, 0.25) is 11.7 Å². The van der Waals surface area contributed by atoms with Crippen molar-refractivity contribution in [3.05, 3.63) is 58.8 Å². The number of benzene rings is 1. The van der Waals surface area contributed by atoms with Crippen LogP contribution in [0.5, 0.6) is 0 Å². The van der Waals surface area contributed by atoms with Crippen LogP contribution < -0.4 is 10.6 Å². The molecule has 0 fully saturated rings. The standard InChI is InChI=1S/C20H24ClN5O2.HI/c1-4-22-20(24-14(3)17-9-8-13(2)27-17)23-11-10-18-25-19(26-28-18)15-6-5-7-16(21)12-15;/h5-9,12,14H,4,10-11H2,1-3H3,(H2,22,23,24);1H. The summed E-state index contributed by atoms with van der Waals surface area (Å²) in [6.07, 6.45) is 0.540. The Morgan fingerprint density at radius 3 is 2.79 bits per heavy atom. The summed E-state index contributed by atoms with van der Waals surface area (Å²) in [4.78, 5) is 9.00. The first kappa shape index (κ1) is 23.2. The number of nitrogens with one attached hydrogen (secondary N) is 2. The molecular formula is C20H25ClIN5O2. The van der Waals surface area contributed by atoms with Crippen molar-refractivity contribution in [2.75, 3.05) is 13.1 Å². The van der Waals surface area contributed by atoms with Gasteiger partial charge >= 0.3 is 0 Å². The molecule has 0 amide bonds. The average Bonchev–Trinajstić information content (AvgIpc) is 3.31. The summed E-state index contributed by atoms with van der Waals surface area (Å²) < 4.78 is 11.0. The Hall–Kier alpha value is -2.07. The number of furan rings is 1. The van der Waals surface area contributed by atoms with Crippen molar-refractivity contribution in [3.8, 4) is 11.4 Å². The van der Waals surface area contributed by atoms with Gasteiger partial charge in [-0.25, -0.2) is 0 Å². The Balaban J connectivity index is 0.00000300. The zero-order chi connectivity index (χ0) is 19.9. The van der Waals surface area contributed by atoms with Gasteiger partial charge in [0.1, 0.15) is 11.5 Å².